The molecular weight excluding hydrogens is 721 g/mol. The normalized spacial score (nSPS) is 10.6. The van der Waals surface area contributed by atoms with Crippen molar-refractivity contribution in [1.29, 1.82) is 0 Å². The van der Waals surface area contributed by atoms with Crippen molar-refractivity contribution in [1.82, 2.24) is 19.9 Å². The van der Waals surface area contributed by atoms with Crippen LogP contribution in [0.5, 0.6) is 0 Å². The number of fused-ring (bicyclic) bond motifs is 5. The van der Waals surface area contributed by atoms with Gasteiger partial charge in [0.15, 0.2) is 0 Å². The Morgan fingerprint density at radius 1 is 0.304 bits per heavy atom. The molecule has 6 heteroatoms. The molecule has 0 N–H and O–H groups in total. The number of nitrogens with zero attached hydrogens (tertiary/aromatic N) is 4. The number of hydrogen-bond donors (Lipinski definition) is 0. The molecule has 0 amide bonds. The van der Waals surface area contributed by atoms with Crippen LogP contribution in [0.15, 0.2) is 144 Å². The molecule has 0 bridgehead atoms. The number of benzene rings is 6. The zero-order valence-electron chi connectivity index (χ0n) is 29.5. The van der Waals surface area contributed by atoms with Crippen LogP contribution in [0.25, 0.3) is 53.5 Å². The van der Waals surface area contributed by atoms with E-state index in [4.69, 9.17) is 19.9 Å². The van der Waals surface area contributed by atoms with Crippen LogP contribution in [0.3, 0.4) is 0 Å². The summed E-state index contributed by atoms with van der Waals surface area (Å²) in [6.45, 7) is 0. The van der Waals surface area contributed by atoms with Gasteiger partial charge >= 0.3 is 0 Å². The molecule has 0 aliphatic heterocycles. The highest BCUT2D eigenvalue weighted by Crippen LogP contribution is 2.40. The van der Waals surface area contributed by atoms with Crippen LogP contribution in [0.2, 0.25) is 0 Å². The minimum Gasteiger partial charge on any atom is -0.242 e. The molecule has 4 aromatic heterocycles. The fourth-order valence-electron chi connectivity index (χ4n) is 6.61. The number of rotatable bonds is 0. The second kappa shape index (κ2) is 14.3. The minimum absolute atomic E-state index is 0.637. The molecule has 10 rings (SSSR count). The van der Waals surface area contributed by atoms with Crippen LogP contribution in [-0.4, -0.2) is 19.9 Å². The van der Waals surface area contributed by atoms with Crippen molar-refractivity contribution in [3.8, 4) is 47.4 Å². The molecule has 4 heterocycles. The molecule has 4 nitrogen and oxygen atoms in total. The smallest absolute Gasteiger partial charge is 0.142 e. The first kappa shape index (κ1) is 33.0. The van der Waals surface area contributed by atoms with E-state index >= 15 is 0 Å². The molecule has 6 aromatic carbocycles. The van der Waals surface area contributed by atoms with Crippen molar-refractivity contribution in [3.05, 3.63) is 189 Å². The predicted octanol–water partition coefficient (Wildman–Crippen LogP) is 10.8. The molecule has 0 saturated carbocycles. The van der Waals surface area contributed by atoms with Gasteiger partial charge in [0.2, 0.25) is 0 Å². The lowest BCUT2D eigenvalue weighted by Crippen LogP contribution is -2.03. The second-order valence-corrected chi connectivity index (χ2v) is 14.6. The summed E-state index contributed by atoms with van der Waals surface area (Å²) in [6.07, 6.45) is 0. The van der Waals surface area contributed by atoms with Crippen LogP contribution in [0.4, 0.5) is 0 Å². The molecule has 256 valence electrons. The van der Waals surface area contributed by atoms with Gasteiger partial charge in [0.1, 0.15) is 42.8 Å². The molecular formula is C50H24N4S2. The van der Waals surface area contributed by atoms with Gasteiger partial charge in [-0.05, 0) is 71.4 Å². The highest BCUT2D eigenvalue weighted by Gasteiger charge is 2.25. The molecule has 56 heavy (non-hydrogen) atoms. The Morgan fingerprint density at radius 2 is 0.589 bits per heavy atom. The highest BCUT2D eigenvalue weighted by molar-refractivity contribution is 7.17. The van der Waals surface area contributed by atoms with Crippen molar-refractivity contribution in [2.75, 3.05) is 0 Å². The topological polar surface area (TPSA) is 51.6 Å². The monoisotopic (exact) mass is 744 g/mol. The van der Waals surface area contributed by atoms with Crippen molar-refractivity contribution in [2.45, 2.75) is 0 Å². The zero-order valence-corrected chi connectivity index (χ0v) is 31.1. The minimum atomic E-state index is 0.637. The Morgan fingerprint density at radius 3 is 0.893 bits per heavy atom. The molecule has 0 saturated heterocycles. The van der Waals surface area contributed by atoms with Crippen LogP contribution in [-0.2, 0) is 0 Å². The standard InChI is InChI=1S/C50H24N4S2/c1-5-13-33(14-6-1)21-25-37-43-39(27-23-35-17-9-3-10-18-35)48-46(52-42-30-32-56-50(42)54-48)38(26-22-34-15-7-2-8-16-34)44(43)40(28-24-36-19-11-4-12-20-36)47-45(37)51-41-29-31-55-49(41)53-47/h1-20,29-32H. The molecule has 0 spiro atoms. The summed E-state index contributed by atoms with van der Waals surface area (Å²) in [5, 5.41) is 5.55. The first-order valence-electron chi connectivity index (χ1n) is 17.8. The summed E-state index contributed by atoms with van der Waals surface area (Å²) in [7, 11) is 0. The third kappa shape index (κ3) is 6.19. The molecule has 0 radical (unpaired) electrons. The van der Waals surface area contributed by atoms with Crippen LogP contribution in [0.1, 0.15) is 44.5 Å². The first-order chi connectivity index (χ1) is 27.8. The van der Waals surface area contributed by atoms with E-state index in [9.17, 15) is 0 Å². The van der Waals surface area contributed by atoms with Gasteiger partial charge in [0.25, 0.3) is 0 Å². The van der Waals surface area contributed by atoms with E-state index in [0.717, 1.165) is 53.7 Å². The second-order valence-electron chi connectivity index (χ2n) is 12.8. The summed E-state index contributed by atoms with van der Waals surface area (Å²) in [6, 6.07) is 43.8. The molecule has 0 atom stereocenters. The third-order valence-electron chi connectivity index (χ3n) is 9.21. The van der Waals surface area contributed by atoms with Crippen LogP contribution >= 0.6 is 22.7 Å². The van der Waals surface area contributed by atoms with E-state index in [1.165, 1.54) is 0 Å². The average Bonchev–Trinajstić information content (AvgIpc) is 3.92. The Kier molecular flexibility index (Phi) is 8.46. The lowest BCUT2D eigenvalue weighted by molar-refractivity contribution is 1.40. The maximum Gasteiger partial charge on any atom is 0.142 e. The average molecular weight is 745 g/mol. The van der Waals surface area contributed by atoms with Crippen molar-refractivity contribution < 1.29 is 0 Å². The predicted molar refractivity (Wildman–Crippen MR) is 231 cm³/mol. The van der Waals surface area contributed by atoms with Crippen LogP contribution < -0.4 is 0 Å². The van der Waals surface area contributed by atoms with Crippen LogP contribution in [0, 0.1) is 47.4 Å². The Hall–Kier alpha value is -7.58. The summed E-state index contributed by atoms with van der Waals surface area (Å²) >= 11 is 3.09. The Labute approximate surface area is 330 Å². The maximum absolute atomic E-state index is 5.29. The van der Waals surface area contributed by atoms with Gasteiger partial charge in [-0.25, -0.2) is 19.9 Å². The summed E-state index contributed by atoms with van der Waals surface area (Å²) in [5.74, 6) is 28.1. The third-order valence-corrected chi connectivity index (χ3v) is 10.8. The summed E-state index contributed by atoms with van der Waals surface area (Å²) in [5.41, 5.74) is 10.3. The van der Waals surface area contributed by atoms with Gasteiger partial charge in [0.05, 0.1) is 22.3 Å². The van der Waals surface area contributed by atoms with E-state index in [1.54, 1.807) is 22.7 Å². The van der Waals surface area contributed by atoms with Crippen molar-refractivity contribution >= 4 is 76.2 Å². The number of thiophene rings is 2. The fraction of sp³-hybridized carbons (Fsp3) is 0. The SMILES string of the molecule is C(#Cc1c2nc3ccsc3nc2c(C#Cc2ccccc2)c2c(C#Cc3ccccc3)c3nc4ccsc4nc3c(C#Cc3ccccc3)c12)c1ccccc1. The summed E-state index contributed by atoms with van der Waals surface area (Å²) in [4.78, 5) is 22.8. The maximum atomic E-state index is 5.29. The fourth-order valence-corrected chi connectivity index (χ4v) is 8.02. The lowest BCUT2D eigenvalue weighted by Gasteiger charge is -2.16. The zero-order chi connectivity index (χ0) is 37.3. The van der Waals surface area contributed by atoms with Crippen molar-refractivity contribution in [3.63, 3.8) is 0 Å². The largest absolute Gasteiger partial charge is 0.242 e. The van der Waals surface area contributed by atoms with Gasteiger partial charge in [0, 0.05) is 33.0 Å². The van der Waals surface area contributed by atoms with Crippen molar-refractivity contribution in [2.24, 2.45) is 0 Å². The molecule has 0 fully saturated rings. The van der Waals surface area contributed by atoms with Gasteiger partial charge < -0.3 is 0 Å². The summed E-state index contributed by atoms with van der Waals surface area (Å²) < 4.78 is 0. The van der Waals surface area contributed by atoms with E-state index in [0.29, 0.717) is 44.3 Å². The lowest BCUT2D eigenvalue weighted by atomic mass is 9.88. The molecule has 0 unspecified atom stereocenters. The first-order valence-corrected chi connectivity index (χ1v) is 19.6. The molecule has 10 aromatic rings. The van der Waals surface area contributed by atoms with Gasteiger partial charge in [-0.2, -0.15) is 0 Å². The van der Waals surface area contributed by atoms with E-state index in [2.05, 4.69) is 47.4 Å². The van der Waals surface area contributed by atoms with Gasteiger partial charge in [-0.3, -0.25) is 0 Å². The van der Waals surface area contributed by atoms with E-state index < -0.39 is 0 Å². The number of hydrogen-bond acceptors (Lipinski definition) is 6. The Balaban J connectivity index is 1.48. The van der Waals surface area contributed by atoms with Gasteiger partial charge in [-0.1, -0.05) is 120 Å². The molecule has 0 aliphatic carbocycles. The quantitative estimate of drug-likeness (QED) is 0.115. The molecule has 0 aliphatic rings. The number of aromatic nitrogens is 4. The Bertz CT molecular complexity index is 2960. The highest BCUT2D eigenvalue weighted by atomic mass is 32.1. The van der Waals surface area contributed by atoms with E-state index in [-0.39, 0.29) is 0 Å². The van der Waals surface area contributed by atoms with Gasteiger partial charge in [-0.15, -0.1) is 22.7 Å². The van der Waals surface area contributed by atoms with E-state index in [1.807, 2.05) is 144 Å².